The molecule has 16 heavy (non-hydrogen) atoms. The van der Waals surface area contributed by atoms with Crippen LogP contribution in [0.5, 0.6) is 0 Å². The number of nitrogens with one attached hydrogen (secondary N) is 1. The second-order valence-corrected chi connectivity index (χ2v) is 3.88. The third-order valence-corrected chi connectivity index (χ3v) is 2.65. The zero-order chi connectivity index (χ0) is 11.5. The molecule has 1 aromatic rings. The van der Waals surface area contributed by atoms with E-state index in [1.807, 2.05) is 0 Å². The first-order valence-electron chi connectivity index (χ1n) is 5.30. The second kappa shape index (κ2) is 4.31. The van der Waals surface area contributed by atoms with Crippen molar-refractivity contribution in [1.82, 2.24) is 0 Å². The van der Waals surface area contributed by atoms with E-state index in [0.29, 0.717) is 36.1 Å². The van der Waals surface area contributed by atoms with Crippen LogP contribution in [0, 0.1) is 0 Å². The number of carbonyl (C=O) groups is 2. The van der Waals surface area contributed by atoms with Crippen LogP contribution in [-0.4, -0.2) is 11.7 Å². The smallest absolute Gasteiger partial charge is 0.224 e. The lowest BCUT2D eigenvalue weighted by Crippen LogP contribution is -2.12. The lowest BCUT2D eigenvalue weighted by atomic mass is 10.00. The average molecular weight is 215 g/mol. The number of hydrogen-bond donors (Lipinski definition) is 1. The predicted octanol–water partition coefficient (Wildman–Crippen LogP) is 2.55. The fourth-order valence-corrected chi connectivity index (χ4v) is 1.77. The van der Waals surface area contributed by atoms with Gasteiger partial charge in [0.1, 0.15) is 0 Å². The summed E-state index contributed by atoms with van der Waals surface area (Å²) in [4.78, 5) is 23.5. The highest BCUT2D eigenvalue weighted by Gasteiger charge is 2.17. The van der Waals surface area contributed by atoms with E-state index in [-0.39, 0.29) is 11.7 Å². The van der Waals surface area contributed by atoms with Gasteiger partial charge in [-0.2, -0.15) is 0 Å². The largest absolute Gasteiger partial charge is 0.325 e. The average Bonchev–Trinajstić information content (AvgIpc) is 2.32. The van der Waals surface area contributed by atoms with Gasteiger partial charge in [-0.25, -0.2) is 0 Å². The molecule has 0 bridgehead atoms. The first-order valence-corrected chi connectivity index (χ1v) is 5.30. The van der Waals surface area contributed by atoms with Gasteiger partial charge in [0.2, 0.25) is 5.91 Å². The maximum Gasteiger partial charge on any atom is 0.224 e. The van der Waals surface area contributed by atoms with Gasteiger partial charge in [-0.3, -0.25) is 9.59 Å². The Bertz CT molecular complexity index is 463. The molecule has 1 amide bonds. The van der Waals surface area contributed by atoms with Crippen LogP contribution in [0.15, 0.2) is 36.4 Å². The number of carbonyl (C=O) groups excluding carboxylic acids is 2. The minimum Gasteiger partial charge on any atom is -0.325 e. The van der Waals surface area contributed by atoms with Crippen LogP contribution < -0.4 is 5.32 Å². The molecule has 0 saturated carbocycles. The van der Waals surface area contributed by atoms with Crippen LogP contribution in [0.25, 0.3) is 0 Å². The normalized spacial score (nSPS) is 16.9. The van der Waals surface area contributed by atoms with E-state index in [4.69, 9.17) is 0 Å². The minimum absolute atomic E-state index is 0.0463. The Hall–Kier alpha value is -1.90. The van der Waals surface area contributed by atoms with Gasteiger partial charge in [0.15, 0.2) is 5.78 Å². The molecule has 0 radical (unpaired) electrons. The van der Waals surface area contributed by atoms with Crippen LogP contribution in [-0.2, 0) is 4.79 Å². The highest BCUT2D eigenvalue weighted by atomic mass is 16.1. The summed E-state index contributed by atoms with van der Waals surface area (Å²) < 4.78 is 0. The third-order valence-electron chi connectivity index (χ3n) is 2.65. The molecule has 1 aromatic carbocycles. The molecular weight excluding hydrogens is 202 g/mol. The van der Waals surface area contributed by atoms with E-state index in [1.165, 1.54) is 0 Å². The van der Waals surface area contributed by atoms with Crippen LogP contribution in [0.3, 0.4) is 0 Å². The summed E-state index contributed by atoms with van der Waals surface area (Å²) in [6, 6.07) is 7.04. The van der Waals surface area contributed by atoms with Gasteiger partial charge >= 0.3 is 0 Å². The Morgan fingerprint density at radius 3 is 2.69 bits per heavy atom. The Balaban J connectivity index is 2.46. The summed E-state index contributed by atoms with van der Waals surface area (Å²) in [5.41, 5.74) is 1.69. The van der Waals surface area contributed by atoms with Gasteiger partial charge in [0.25, 0.3) is 0 Å². The lowest BCUT2D eigenvalue weighted by Gasteiger charge is -2.08. The zero-order valence-electron chi connectivity index (χ0n) is 8.95. The van der Waals surface area contributed by atoms with Crippen molar-refractivity contribution in [3.05, 3.63) is 42.0 Å². The fourth-order valence-electron chi connectivity index (χ4n) is 1.77. The van der Waals surface area contributed by atoms with E-state index in [0.717, 1.165) is 0 Å². The molecular formula is C13H13NO2. The van der Waals surface area contributed by atoms with Gasteiger partial charge in [-0.15, -0.1) is 0 Å². The van der Waals surface area contributed by atoms with Crippen LogP contribution >= 0.6 is 0 Å². The minimum atomic E-state index is -0.0715. The first kappa shape index (κ1) is 10.6. The van der Waals surface area contributed by atoms with Gasteiger partial charge in [0.05, 0.1) is 5.69 Å². The van der Waals surface area contributed by atoms with Gasteiger partial charge in [-0.1, -0.05) is 18.7 Å². The molecule has 0 atom stereocenters. The molecule has 1 N–H and O–H groups in total. The van der Waals surface area contributed by atoms with Crippen LogP contribution in [0.4, 0.5) is 5.69 Å². The van der Waals surface area contributed by atoms with Gasteiger partial charge in [0, 0.05) is 12.0 Å². The van der Waals surface area contributed by atoms with E-state index in [1.54, 1.807) is 24.3 Å². The molecule has 0 aromatic heterocycles. The number of amides is 1. The number of Topliss-reactive ketones (excluding diaryl/α,β-unsaturated/α-hetero) is 1. The van der Waals surface area contributed by atoms with Crippen LogP contribution in [0.1, 0.15) is 29.6 Å². The number of rotatable bonds is 0. The van der Waals surface area contributed by atoms with Gasteiger partial charge in [-0.05, 0) is 30.5 Å². The predicted molar refractivity (Wildman–Crippen MR) is 62.4 cm³/mol. The molecule has 0 spiro atoms. The molecule has 0 aliphatic carbocycles. The molecule has 82 valence electrons. The maximum absolute atomic E-state index is 12.0. The molecule has 1 aliphatic rings. The summed E-state index contributed by atoms with van der Waals surface area (Å²) in [5.74, 6) is -0.118. The number of ketones is 1. The molecule has 1 aliphatic heterocycles. The Morgan fingerprint density at radius 1 is 1.12 bits per heavy atom. The summed E-state index contributed by atoms with van der Waals surface area (Å²) in [6.07, 6.45) is 1.69. The van der Waals surface area contributed by atoms with E-state index < -0.39 is 0 Å². The summed E-state index contributed by atoms with van der Waals surface area (Å²) in [6.45, 7) is 3.77. The Kier molecular flexibility index (Phi) is 2.86. The van der Waals surface area contributed by atoms with Gasteiger partial charge < -0.3 is 5.32 Å². The molecule has 1 heterocycles. The van der Waals surface area contributed by atoms with E-state index in [2.05, 4.69) is 11.9 Å². The molecule has 0 saturated heterocycles. The summed E-state index contributed by atoms with van der Waals surface area (Å²) in [5, 5.41) is 2.75. The van der Waals surface area contributed by atoms with E-state index >= 15 is 0 Å². The maximum atomic E-state index is 12.0. The Morgan fingerprint density at radius 2 is 1.88 bits per heavy atom. The standard InChI is InChI=1S/C13H13NO2/c1-9-5-4-8-12(15)14-11-7-3-2-6-10(11)13(9)16/h2-3,6-7H,1,4-5,8H2,(H,14,15). The number of benzene rings is 1. The third kappa shape index (κ3) is 2.03. The SMILES string of the molecule is C=C1CCCC(=O)Nc2ccccc2C1=O. The summed E-state index contributed by atoms with van der Waals surface area (Å²) >= 11 is 0. The fraction of sp³-hybridized carbons (Fsp3) is 0.231. The van der Waals surface area contributed by atoms with Crippen molar-refractivity contribution in [2.45, 2.75) is 19.3 Å². The quantitative estimate of drug-likeness (QED) is 0.676. The molecule has 0 fully saturated rings. The number of allylic oxidation sites excluding steroid dienone is 1. The number of para-hydroxylation sites is 1. The van der Waals surface area contributed by atoms with Crippen molar-refractivity contribution >= 4 is 17.4 Å². The first-order chi connectivity index (χ1) is 7.68. The zero-order valence-corrected chi connectivity index (χ0v) is 8.95. The Labute approximate surface area is 94.2 Å². The highest BCUT2D eigenvalue weighted by Crippen LogP contribution is 2.22. The number of anilines is 1. The van der Waals surface area contributed by atoms with Crippen molar-refractivity contribution in [3.8, 4) is 0 Å². The highest BCUT2D eigenvalue weighted by molar-refractivity contribution is 6.13. The molecule has 0 unspecified atom stereocenters. The van der Waals surface area contributed by atoms with Crippen molar-refractivity contribution in [2.24, 2.45) is 0 Å². The summed E-state index contributed by atoms with van der Waals surface area (Å²) in [7, 11) is 0. The van der Waals surface area contributed by atoms with E-state index in [9.17, 15) is 9.59 Å². The molecule has 3 nitrogen and oxygen atoms in total. The number of fused-ring (bicyclic) bond motifs is 1. The van der Waals surface area contributed by atoms with Crippen molar-refractivity contribution < 1.29 is 9.59 Å². The molecule has 2 rings (SSSR count). The van der Waals surface area contributed by atoms with Crippen molar-refractivity contribution in [1.29, 1.82) is 0 Å². The number of hydrogen-bond acceptors (Lipinski definition) is 2. The monoisotopic (exact) mass is 215 g/mol. The van der Waals surface area contributed by atoms with Crippen molar-refractivity contribution in [3.63, 3.8) is 0 Å². The van der Waals surface area contributed by atoms with Crippen molar-refractivity contribution in [2.75, 3.05) is 5.32 Å². The lowest BCUT2D eigenvalue weighted by molar-refractivity contribution is -0.116. The van der Waals surface area contributed by atoms with Crippen LogP contribution in [0.2, 0.25) is 0 Å². The molecule has 3 heteroatoms. The topological polar surface area (TPSA) is 46.2 Å². The second-order valence-electron chi connectivity index (χ2n) is 3.88.